The van der Waals surface area contributed by atoms with Crippen LogP contribution in [0.2, 0.25) is 0 Å². The van der Waals surface area contributed by atoms with Gasteiger partial charge in [0.25, 0.3) is 0 Å². The quantitative estimate of drug-likeness (QED) is 0.813. The van der Waals surface area contributed by atoms with Gasteiger partial charge < -0.3 is 9.47 Å². The maximum atomic E-state index is 5.15. The number of methoxy groups -OCH3 is 2. The van der Waals surface area contributed by atoms with Crippen molar-refractivity contribution in [3.63, 3.8) is 0 Å². The van der Waals surface area contributed by atoms with Crippen molar-refractivity contribution < 1.29 is 9.47 Å². The molecule has 0 aliphatic rings. The van der Waals surface area contributed by atoms with Crippen molar-refractivity contribution in [1.29, 1.82) is 0 Å². The lowest BCUT2D eigenvalue weighted by atomic mass is 9.93. The maximum absolute atomic E-state index is 5.15. The summed E-state index contributed by atoms with van der Waals surface area (Å²) in [4.78, 5) is 0. The minimum absolute atomic E-state index is 0.113. The van der Waals surface area contributed by atoms with Crippen LogP contribution in [0.4, 0.5) is 0 Å². The molecule has 0 saturated heterocycles. The zero-order valence-electron chi connectivity index (χ0n) is 10.7. The predicted octanol–water partition coefficient (Wildman–Crippen LogP) is 3.67. The fraction of sp³-hybridized carbons (Fsp3) is 0.188. The molecular weight excluding hydrogens is 224 g/mol. The molecule has 0 N–H and O–H groups in total. The van der Waals surface area contributed by atoms with E-state index in [1.165, 1.54) is 11.1 Å². The summed E-state index contributed by atoms with van der Waals surface area (Å²) in [6.07, 6.45) is 0. The smallest absolute Gasteiger partial charge is 0.118 e. The first-order chi connectivity index (χ1) is 8.74. The zero-order valence-corrected chi connectivity index (χ0v) is 10.7. The fourth-order valence-corrected chi connectivity index (χ4v) is 1.86. The number of hydrogen-bond donors (Lipinski definition) is 0. The van der Waals surface area contributed by atoms with Gasteiger partial charge in [0.2, 0.25) is 0 Å². The second-order valence-electron chi connectivity index (χ2n) is 4.10. The van der Waals surface area contributed by atoms with E-state index in [4.69, 9.17) is 9.47 Å². The average Bonchev–Trinajstić information content (AvgIpc) is 2.47. The first-order valence-corrected chi connectivity index (χ1v) is 5.85. The Labute approximate surface area is 108 Å². The Hall–Kier alpha value is -1.96. The van der Waals surface area contributed by atoms with E-state index in [2.05, 4.69) is 6.92 Å². The van der Waals surface area contributed by atoms with Crippen molar-refractivity contribution in [2.75, 3.05) is 14.2 Å². The lowest BCUT2D eigenvalue weighted by molar-refractivity contribution is 0.414. The summed E-state index contributed by atoms with van der Waals surface area (Å²) in [6, 6.07) is 16.0. The second kappa shape index (κ2) is 5.58. The van der Waals surface area contributed by atoms with E-state index in [0.29, 0.717) is 0 Å². The Morgan fingerprint density at radius 3 is 1.33 bits per heavy atom. The van der Waals surface area contributed by atoms with E-state index in [9.17, 15) is 0 Å². The third-order valence-corrected chi connectivity index (χ3v) is 3.04. The van der Waals surface area contributed by atoms with E-state index < -0.39 is 0 Å². The van der Waals surface area contributed by atoms with E-state index in [1.807, 2.05) is 48.5 Å². The molecule has 2 aromatic rings. The molecule has 0 unspecified atom stereocenters. The normalized spacial score (nSPS) is 10.4. The number of benzene rings is 2. The van der Waals surface area contributed by atoms with E-state index in [-0.39, 0.29) is 5.92 Å². The van der Waals surface area contributed by atoms with Crippen LogP contribution in [0, 0.1) is 6.92 Å². The van der Waals surface area contributed by atoms with Gasteiger partial charge in [-0.3, -0.25) is 0 Å². The largest absolute Gasteiger partial charge is 0.497 e. The Morgan fingerprint density at radius 1 is 0.722 bits per heavy atom. The zero-order chi connectivity index (χ0) is 13.0. The molecule has 0 saturated carbocycles. The first kappa shape index (κ1) is 12.5. The van der Waals surface area contributed by atoms with Gasteiger partial charge in [0.1, 0.15) is 11.5 Å². The molecule has 2 heteroatoms. The molecular formula is C16H17O2. The molecule has 0 aliphatic carbocycles. The van der Waals surface area contributed by atoms with Crippen LogP contribution in [-0.4, -0.2) is 14.2 Å². The molecule has 0 atom stereocenters. The van der Waals surface area contributed by atoms with Crippen molar-refractivity contribution in [2.24, 2.45) is 0 Å². The second-order valence-corrected chi connectivity index (χ2v) is 4.10. The number of ether oxygens (including phenoxy) is 2. The lowest BCUT2D eigenvalue weighted by Gasteiger charge is -2.13. The van der Waals surface area contributed by atoms with Crippen LogP contribution in [0.1, 0.15) is 17.0 Å². The Morgan fingerprint density at radius 2 is 1.06 bits per heavy atom. The molecule has 18 heavy (non-hydrogen) atoms. The highest BCUT2D eigenvalue weighted by Gasteiger charge is 2.08. The van der Waals surface area contributed by atoms with E-state index in [0.717, 1.165) is 11.5 Å². The van der Waals surface area contributed by atoms with Gasteiger partial charge in [-0.25, -0.2) is 0 Å². The monoisotopic (exact) mass is 241 g/mol. The topological polar surface area (TPSA) is 18.5 Å². The summed E-state index contributed by atoms with van der Waals surface area (Å²) < 4.78 is 10.3. The van der Waals surface area contributed by atoms with Crippen LogP contribution in [0.3, 0.4) is 0 Å². The van der Waals surface area contributed by atoms with E-state index in [1.54, 1.807) is 14.2 Å². The molecule has 2 rings (SSSR count). The number of hydrogen-bond acceptors (Lipinski definition) is 2. The van der Waals surface area contributed by atoms with Gasteiger partial charge in [0.15, 0.2) is 0 Å². The molecule has 1 radical (unpaired) electrons. The average molecular weight is 241 g/mol. The van der Waals surface area contributed by atoms with Crippen molar-refractivity contribution in [1.82, 2.24) is 0 Å². The van der Waals surface area contributed by atoms with Gasteiger partial charge in [-0.1, -0.05) is 24.3 Å². The highest BCUT2D eigenvalue weighted by atomic mass is 16.5. The summed E-state index contributed by atoms with van der Waals surface area (Å²) >= 11 is 0. The third kappa shape index (κ3) is 2.65. The summed E-state index contributed by atoms with van der Waals surface area (Å²) in [6.45, 7) is 4.21. The maximum Gasteiger partial charge on any atom is 0.118 e. The van der Waals surface area contributed by atoms with Crippen LogP contribution in [0.15, 0.2) is 48.5 Å². The fourth-order valence-electron chi connectivity index (χ4n) is 1.86. The van der Waals surface area contributed by atoms with Crippen LogP contribution < -0.4 is 9.47 Å². The van der Waals surface area contributed by atoms with Gasteiger partial charge in [0, 0.05) is 5.92 Å². The molecule has 2 nitrogen and oxygen atoms in total. The Kier molecular flexibility index (Phi) is 3.88. The molecule has 0 aliphatic heterocycles. The van der Waals surface area contributed by atoms with Crippen LogP contribution >= 0.6 is 0 Å². The van der Waals surface area contributed by atoms with Crippen molar-refractivity contribution in [2.45, 2.75) is 5.92 Å². The summed E-state index contributed by atoms with van der Waals surface area (Å²) in [5.74, 6) is 1.84. The molecule has 0 amide bonds. The summed E-state index contributed by atoms with van der Waals surface area (Å²) in [7, 11) is 3.33. The number of rotatable bonds is 4. The highest BCUT2D eigenvalue weighted by Crippen LogP contribution is 2.26. The van der Waals surface area contributed by atoms with Crippen LogP contribution in [0.5, 0.6) is 11.5 Å². The minimum Gasteiger partial charge on any atom is -0.497 e. The van der Waals surface area contributed by atoms with Crippen molar-refractivity contribution >= 4 is 0 Å². The van der Waals surface area contributed by atoms with Gasteiger partial charge in [-0.05, 0) is 42.3 Å². The SMILES string of the molecule is [CH2]C(c1ccc(OC)cc1)c1ccc(OC)cc1. The molecule has 0 heterocycles. The summed E-state index contributed by atoms with van der Waals surface area (Å²) in [5.41, 5.74) is 2.34. The van der Waals surface area contributed by atoms with Gasteiger partial charge in [-0.15, -0.1) is 0 Å². The minimum atomic E-state index is 0.113. The van der Waals surface area contributed by atoms with Crippen molar-refractivity contribution in [3.8, 4) is 11.5 Å². The third-order valence-electron chi connectivity index (χ3n) is 3.04. The van der Waals surface area contributed by atoms with E-state index >= 15 is 0 Å². The van der Waals surface area contributed by atoms with Crippen molar-refractivity contribution in [3.05, 3.63) is 66.6 Å². The first-order valence-electron chi connectivity index (χ1n) is 5.85. The molecule has 93 valence electrons. The van der Waals surface area contributed by atoms with Gasteiger partial charge in [0.05, 0.1) is 14.2 Å². The van der Waals surface area contributed by atoms with Crippen LogP contribution in [-0.2, 0) is 0 Å². The molecule has 0 aromatic heterocycles. The molecule has 0 bridgehead atoms. The molecule has 2 aromatic carbocycles. The molecule has 0 fully saturated rings. The summed E-state index contributed by atoms with van der Waals surface area (Å²) in [5, 5.41) is 0. The predicted molar refractivity (Wildman–Crippen MR) is 73.2 cm³/mol. The van der Waals surface area contributed by atoms with Gasteiger partial charge >= 0.3 is 0 Å². The van der Waals surface area contributed by atoms with Crippen LogP contribution in [0.25, 0.3) is 0 Å². The highest BCUT2D eigenvalue weighted by molar-refractivity contribution is 5.38. The lowest BCUT2D eigenvalue weighted by Crippen LogP contribution is -1.96. The van der Waals surface area contributed by atoms with Gasteiger partial charge in [-0.2, -0.15) is 0 Å². The standard InChI is InChI=1S/C16H17O2/c1-12(13-4-8-15(17-2)9-5-13)14-6-10-16(18-3)11-7-14/h4-12H,1H2,2-3H3. The molecule has 0 spiro atoms. The Bertz CT molecular complexity index is 438. The Balaban J connectivity index is 2.20.